The fraction of sp³-hybridized carbons (Fsp3) is 0.588. The predicted octanol–water partition coefficient (Wildman–Crippen LogP) is 2.40. The monoisotopic (exact) mass is 355 g/mol. The molecule has 0 aliphatic carbocycles. The molecule has 0 spiro atoms. The number of sulfonamides is 1. The van der Waals surface area contributed by atoms with Gasteiger partial charge in [-0.2, -0.15) is 0 Å². The van der Waals surface area contributed by atoms with Gasteiger partial charge in [-0.3, -0.25) is 0 Å². The molecule has 0 bridgehead atoms. The molecule has 1 aromatic carbocycles. The number of hydrogen-bond donors (Lipinski definition) is 3. The second-order valence-corrected chi connectivity index (χ2v) is 8.24. The van der Waals surface area contributed by atoms with Crippen molar-refractivity contribution in [3.63, 3.8) is 0 Å². The summed E-state index contributed by atoms with van der Waals surface area (Å²) in [5, 5.41) is 5.77. The van der Waals surface area contributed by atoms with Crippen molar-refractivity contribution in [2.45, 2.75) is 39.7 Å². The third-order valence-corrected chi connectivity index (χ3v) is 4.96. The van der Waals surface area contributed by atoms with Crippen LogP contribution in [0.1, 0.15) is 45.2 Å². The number of nitrogens with one attached hydrogen (secondary N) is 3. The van der Waals surface area contributed by atoms with Gasteiger partial charge in [0.15, 0.2) is 0 Å². The lowest BCUT2D eigenvalue weighted by atomic mass is 9.97. The highest BCUT2D eigenvalue weighted by Crippen LogP contribution is 2.20. The third kappa shape index (κ3) is 8.31. The van der Waals surface area contributed by atoms with Crippen molar-refractivity contribution in [1.29, 1.82) is 0 Å². The number of benzene rings is 1. The van der Waals surface area contributed by atoms with E-state index in [4.69, 9.17) is 0 Å². The minimum atomic E-state index is -3.17. The summed E-state index contributed by atoms with van der Waals surface area (Å²) in [5.74, 6) is 0.522. The van der Waals surface area contributed by atoms with Crippen molar-refractivity contribution in [1.82, 2.24) is 15.4 Å². The standard InChI is InChI=1S/C17H29N3O3S/c1-4-24(22,23)19-12-8-11-18-17(21)20-16(13-14(2)3)15-9-6-5-7-10-15/h5-7,9-10,14,16,19H,4,8,11-13H2,1-3H3,(H2,18,20,21). The van der Waals surface area contributed by atoms with Gasteiger partial charge in [-0.15, -0.1) is 0 Å². The summed E-state index contributed by atoms with van der Waals surface area (Å²) in [4.78, 5) is 12.1. The van der Waals surface area contributed by atoms with Crippen LogP contribution in [0.25, 0.3) is 0 Å². The smallest absolute Gasteiger partial charge is 0.315 e. The molecule has 0 aromatic heterocycles. The highest BCUT2D eigenvalue weighted by atomic mass is 32.2. The predicted molar refractivity (Wildman–Crippen MR) is 97.3 cm³/mol. The SMILES string of the molecule is CCS(=O)(=O)NCCCNC(=O)NC(CC(C)C)c1ccccc1. The molecule has 0 saturated carbocycles. The number of urea groups is 1. The van der Waals surface area contributed by atoms with Crippen LogP contribution in [-0.4, -0.2) is 33.3 Å². The van der Waals surface area contributed by atoms with E-state index in [1.165, 1.54) is 0 Å². The van der Waals surface area contributed by atoms with Gasteiger partial charge >= 0.3 is 6.03 Å². The molecular formula is C17H29N3O3S. The maximum absolute atomic E-state index is 12.1. The van der Waals surface area contributed by atoms with E-state index in [0.717, 1.165) is 12.0 Å². The van der Waals surface area contributed by atoms with E-state index in [-0.39, 0.29) is 17.8 Å². The van der Waals surface area contributed by atoms with Crippen LogP contribution in [0.15, 0.2) is 30.3 Å². The van der Waals surface area contributed by atoms with E-state index in [2.05, 4.69) is 29.2 Å². The minimum Gasteiger partial charge on any atom is -0.338 e. The molecule has 0 aliphatic heterocycles. The first-order chi connectivity index (χ1) is 11.3. The number of hydrogen-bond acceptors (Lipinski definition) is 3. The van der Waals surface area contributed by atoms with Crippen molar-refractivity contribution in [2.75, 3.05) is 18.8 Å². The Labute approximate surface area is 145 Å². The van der Waals surface area contributed by atoms with Crippen molar-refractivity contribution in [2.24, 2.45) is 5.92 Å². The van der Waals surface area contributed by atoms with Crippen LogP contribution in [0.3, 0.4) is 0 Å². The van der Waals surface area contributed by atoms with Crippen molar-refractivity contribution in [3.05, 3.63) is 35.9 Å². The molecule has 0 saturated heterocycles. The zero-order chi connectivity index (χ0) is 18.0. The van der Waals surface area contributed by atoms with Crippen LogP contribution in [0, 0.1) is 5.92 Å². The normalized spacial score (nSPS) is 12.8. The lowest BCUT2D eigenvalue weighted by molar-refractivity contribution is 0.235. The summed E-state index contributed by atoms with van der Waals surface area (Å²) >= 11 is 0. The van der Waals surface area contributed by atoms with E-state index >= 15 is 0 Å². The van der Waals surface area contributed by atoms with E-state index in [1.807, 2.05) is 30.3 Å². The number of rotatable bonds is 10. The van der Waals surface area contributed by atoms with E-state index in [1.54, 1.807) is 6.92 Å². The number of carbonyl (C=O) groups is 1. The molecule has 136 valence electrons. The zero-order valence-electron chi connectivity index (χ0n) is 14.7. The highest BCUT2D eigenvalue weighted by molar-refractivity contribution is 7.89. The summed E-state index contributed by atoms with van der Waals surface area (Å²) < 4.78 is 25.1. The zero-order valence-corrected chi connectivity index (χ0v) is 15.5. The van der Waals surface area contributed by atoms with E-state index in [9.17, 15) is 13.2 Å². The van der Waals surface area contributed by atoms with Gasteiger partial charge in [-0.1, -0.05) is 44.2 Å². The van der Waals surface area contributed by atoms with Gasteiger partial charge in [0.2, 0.25) is 10.0 Å². The first kappa shape index (κ1) is 20.4. The molecule has 0 heterocycles. The van der Waals surface area contributed by atoms with Gasteiger partial charge in [0, 0.05) is 13.1 Å². The Hall–Kier alpha value is -1.60. The Morgan fingerprint density at radius 1 is 1.12 bits per heavy atom. The van der Waals surface area contributed by atoms with Crippen molar-refractivity contribution < 1.29 is 13.2 Å². The summed E-state index contributed by atoms with van der Waals surface area (Å²) in [5.41, 5.74) is 1.08. The molecule has 7 heteroatoms. The molecule has 1 aromatic rings. The second-order valence-electron chi connectivity index (χ2n) is 6.14. The van der Waals surface area contributed by atoms with Crippen LogP contribution in [0.4, 0.5) is 4.79 Å². The summed E-state index contributed by atoms with van der Waals surface area (Å²) in [6.07, 6.45) is 1.40. The molecule has 24 heavy (non-hydrogen) atoms. The molecule has 3 N–H and O–H groups in total. The maximum Gasteiger partial charge on any atom is 0.315 e. The summed E-state index contributed by atoms with van der Waals surface area (Å²) in [6, 6.07) is 9.62. The fourth-order valence-corrected chi connectivity index (χ4v) is 2.92. The van der Waals surface area contributed by atoms with Gasteiger partial charge in [-0.05, 0) is 31.2 Å². The first-order valence-electron chi connectivity index (χ1n) is 8.40. The van der Waals surface area contributed by atoms with Crippen molar-refractivity contribution >= 4 is 16.1 Å². The minimum absolute atomic E-state index is 0.0372. The Morgan fingerprint density at radius 2 is 1.79 bits per heavy atom. The molecule has 6 nitrogen and oxygen atoms in total. The quantitative estimate of drug-likeness (QED) is 0.563. The second kappa shape index (κ2) is 10.3. The average Bonchev–Trinajstić information content (AvgIpc) is 2.54. The highest BCUT2D eigenvalue weighted by Gasteiger charge is 2.15. The number of amides is 2. The Bertz CT molecular complexity index is 588. The molecule has 0 fully saturated rings. The topological polar surface area (TPSA) is 87.3 Å². The largest absolute Gasteiger partial charge is 0.338 e. The third-order valence-electron chi connectivity index (χ3n) is 3.56. The summed E-state index contributed by atoms with van der Waals surface area (Å²) in [7, 11) is -3.17. The van der Waals surface area contributed by atoms with Gasteiger partial charge in [-0.25, -0.2) is 17.9 Å². The van der Waals surface area contributed by atoms with Crippen LogP contribution in [0.2, 0.25) is 0 Å². The molecular weight excluding hydrogens is 326 g/mol. The lowest BCUT2D eigenvalue weighted by Gasteiger charge is -2.21. The van der Waals surface area contributed by atoms with Gasteiger partial charge in [0.1, 0.15) is 0 Å². The lowest BCUT2D eigenvalue weighted by Crippen LogP contribution is -2.39. The molecule has 0 aliphatic rings. The first-order valence-corrected chi connectivity index (χ1v) is 10.1. The Morgan fingerprint density at radius 3 is 2.38 bits per heavy atom. The van der Waals surface area contributed by atoms with Gasteiger partial charge in [0.25, 0.3) is 0 Å². The molecule has 1 unspecified atom stereocenters. The molecule has 1 rings (SSSR count). The van der Waals surface area contributed by atoms with E-state index in [0.29, 0.717) is 25.4 Å². The molecule has 0 radical (unpaired) electrons. The van der Waals surface area contributed by atoms with E-state index < -0.39 is 10.0 Å². The maximum atomic E-state index is 12.1. The molecule has 2 amide bonds. The van der Waals surface area contributed by atoms with Crippen molar-refractivity contribution in [3.8, 4) is 0 Å². The van der Waals surface area contributed by atoms with Gasteiger partial charge in [0.05, 0.1) is 11.8 Å². The van der Waals surface area contributed by atoms with Crippen LogP contribution in [0.5, 0.6) is 0 Å². The van der Waals surface area contributed by atoms with Crippen LogP contribution in [-0.2, 0) is 10.0 Å². The average molecular weight is 356 g/mol. The van der Waals surface area contributed by atoms with Gasteiger partial charge < -0.3 is 10.6 Å². The van der Waals surface area contributed by atoms with Crippen LogP contribution >= 0.6 is 0 Å². The Balaban J connectivity index is 2.40. The van der Waals surface area contributed by atoms with Crippen LogP contribution < -0.4 is 15.4 Å². The number of carbonyl (C=O) groups excluding carboxylic acids is 1. The fourth-order valence-electron chi connectivity index (χ4n) is 2.26. The molecule has 1 atom stereocenters. The Kier molecular flexibility index (Phi) is 8.78. The summed E-state index contributed by atoms with van der Waals surface area (Å²) in [6.45, 7) is 6.57.